The van der Waals surface area contributed by atoms with Crippen LogP contribution in [-0.2, 0) is 0 Å². The lowest BCUT2D eigenvalue weighted by atomic mass is 10.0. The minimum atomic E-state index is -0.326. The normalized spacial score (nSPS) is 13.5. The lowest BCUT2D eigenvalue weighted by molar-refractivity contribution is 0.0720. The Morgan fingerprint density at radius 3 is 2.43 bits per heavy atom. The summed E-state index contributed by atoms with van der Waals surface area (Å²) in [5, 5.41) is 3.52. The second kappa shape index (κ2) is 11.5. The number of halogens is 1. The number of hydrogen-bond donors (Lipinski definition) is 1. The summed E-state index contributed by atoms with van der Waals surface area (Å²) in [6, 6.07) is 19.3. The minimum absolute atomic E-state index is 0.00615. The maximum atomic E-state index is 13.2. The summed E-state index contributed by atoms with van der Waals surface area (Å²) in [7, 11) is 0. The van der Waals surface area contributed by atoms with Gasteiger partial charge in [0.15, 0.2) is 10.1 Å². The van der Waals surface area contributed by atoms with Gasteiger partial charge in [-0.3, -0.25) is 14.4 Å². The van der Waals surface area contributed by atoms with Crippen LogP contribution in [0, 0.1) is 0 Å². The van der Waals surface area contributed by atoms with Crippen LogP contribution in [-0.4, -0.2) is 46.3 Å². The second-order valence-corrected chi connectivity index (χ2v) is 11.4. The predicted molar refractivity (Wildman–Crippen MR) is 150 cm³/mol. The number of piperidine rings is 1. The molecule has 1 aliphatic heterocycles. The predicted octanol–water partition coefficient (Wildman–Crippen LogP) is 6.80. The molecular weight excluding hydrogens is 526 g/mol. The highest BCUT2D eigenvalue weighted by Crippen LogP contribution is 2.32. The first kappa shape index (κ1) is 25.4. The molecule has 37 heavy (non-hydrogen) atoms. The van der Waals surface area contributed by atoms with Crippen molar-refractivity contribution >= 4 is 68.2 Å². The number of hydrogen-bond acceptors (Lipinski definition) is 6. The molecule has 4 aromatic rings. The number of benzene rings is 3. The van der Waals surface area contributed by atoms with Gasteiger partial charge in [-0.1, -0.05) is 35.5 Å². The third-order valence-corrected chi connectivity index (χ3v) is 8.58. The van der Waals surface area contributed by atoms with Crippen molar-refractivity contribution in [2.45, 2.75) is 23.6 Å². The quantitative estimate of drug-likeness (QED) is 0.202. The maximum absolute atomic E-state index is 13.2. The van der Waals surface area contributed by atoms with Crippen molar-refractivity contribution < 1.29 is 14.4 Å². The molecular formula is C28H24ClN3O3S2. The highest BCUT2D eigenvalue weighted by molar-refractivity contribution is 8.01. The fourth-order valence-corrected chi connectivity index (χ4v) is 6.35. The van der Waals surface area contributed by atoms with E-state index < -0.39 is 0 Å². The number of aromatic nitrogens is 1. The van der Waals surface area contributed by atoms with E-state index in [1.807, 2.05) is 17.0 Å². The van der Waals surface area contributed by atoms with Crippen molar-refractivity contribution in [2.24, 2.45) is 0 Å². The van der Waals surface area contributed by atoms with Crippen molar-refractivity contribution in [3.63, 3.8) is 0 Å². The van der Waals surface area contributed by atoms with Gasteiger partial charge in [-0.2, -0.15) is 0 Å². The van der Waals surface area contributed by atoms with E-state index in [1.165, 1.54) is 23.1 Å². The highest BCUT2D eigenvalue weighted by atomic mass is 35.5. The number of ketones is 1. The van der Waals surface area contributed by atoms with Crippen LogP contribution in [0.2, 0.25) is 5.02 Å². The molecule has 188 valence electrons. The number of anilines is 1. The van der Waals surface area contributed by atoms with E-state index in [0.717, 1.165) is 46.9 Å². The van der Waals surface area contributed by atoms with Crippen molar-refractivity contribution in [1.29, 1.82) is 0 Å². The number of likely N-dealkylation sites (tertiary alicyclic amines) is 1. The monoisotopic (exact) mass is 549 g/mol. The molecule has 2 amide bonds. The Balaban J connectivity index is 1.27. The van der Waals surface area contributed by atoms with Crippen LogP contribution in [0.15, 0.2) is 71.1 Å². The van der Waals surface area contributed by atoms with Crippen molar-refractivity contribution in [1.82, 2.24) is 9.88 Å². The summed E-state index contributed by atoms with van der Waals surface area (Å²) in [6.45, 7) is 1.45. The highest BCUT2D eigenvalue weighted by Gasteiger charge is 2.23. The molecule has 3 aromatic carbocycles. The van der Waals surface area contributed by atoms with Crippen molar-refractivity contribution in [3.05, 3.63) is 88.4 Å². The molecule has 2 heterocycles. The molecule has 9 heteroatoms. The van der Waals surface area contributed by atoms with Crippen LogP contribution >= 0.6 is 34.7 Å². The van der Waals surface area contributed by atoms with Crippen molar-refractivity contribution in [2.75, 3.05) is 24.2 Å². The topological polar surface area (TPSA) is 79.4 Å². The Morgan fingerprint density at radius 2 is 1.68 bits per heavy atom. The summed E-state index contributed by atoms with van der Waals surface area (Å²) < 4.78 is 1.68. The van der Waals surface area contributed by atoms with Gasteiger partial charge in [-0.15, -0.1) is 11.3 Å². The van der Waals surface area contributed by atoms with E-state index in [9.17, 15) is 14.4 Å². The zero-order valence-corrected chi connectivity index (χ0v) is 22.3. The van der Waals surface area contributed by atoms with E-state index in [1.54, 1.807) is 54.6 Å². The molecule has 5 rings (SSSR count). The molecule has 1 aliphatic rings. The van der Waals surface area contributed by atoms with Crippen LogP contribution in [0.1, 0.15) is 50.3 Å². The first-order valence-electron chi connectivity index (χ1n) is 12.0. The molecule has 1 saturated heterocycles. The van der Waals surface area contributed by atoms with Crippen LogP contribution in [0.3, 0.4) is 0 Å². The van der Waals surface area contributed by atoms with Gasteiger partial charge in [0.25, 0.3) is 11.8 Å². The van der Waals surface area contributed by atoms with E-state index in [0.29, 0.717) is 27.4 Å². The van der Waals surface area contributed by atoms with Gasteiger partial charge in [0.05, 0.1) is 27.1 Å². The molecule has 1 aromatic heterocycles. The van der Waals surface area contributed by atoms with Gasteiger partial charge < -0.3 is 10.2 Å². The molecule has 0 atom stereocenters. The Bertz CT molecular complexity index is 1460. The number of carbonyl (C=O) groups is 3. The van der Waals surface area contributed by atoms with Gasteiger partial charge in [-0.05, 0) is 73.9 Å². The lowest BCUT2D eigenvalue weighted by Crippen LogP contribution is -2.36. The SMILES string of the molecule is O=C(CSc1nc2ccc(NC(=O)c3ccccc3C(=O)N3CCCCC3)cc2s1)c1ccc(Cl)cc1. The summed E-state index contributed by atoms with van der Waals surface area (Å²) in [6.07, 6.45) is 3.11. The number of nitrogens with zero attached hydrogens (tertiary/aromatic N) is 2. The third-order valence-electron chi connectivity index (χ3n) is 6.16. The summed E-state index contributed by atoms with van der Waals surface area (Å²) in [5.74, 6) is -0.148. The van der Waals surface area contributed by atoms with E-state index in [-0.39, 0.29) is 23.4 Å². The largest absolute Gasteiger partial charge is 0.339 e. The number of carbonyl (C=O) groups excluding carboxylic acids is 3. The zero-order chi connectivity index (χ0) is 25.8. The van der Waals surface area contributed by atoms with Gasteiger partial charge in [0, 0.05) is 29.4 Å². The average molecular weight is 550 g/mol. The lowest BCUT2D eigenvalue weighted by Gasteiger charge is -2.27. The average Bonchev–Trinajstić information content (AvgIpc) is 3.34. The number of thiazole rings is 1. The Hall–Kier alpha value is -3.20. The Morgan fingerprint density at radius 1 is 0.946 bits per heavy atom. The molecule has 0 aliphatic carbocycles. The first-order chi connectivity index (χ1) is 18.0. The Labute approximate surface area is 228 Å². The second-order valence-electron chi connectivity index (χ2n) is 8.73. The molecule has 1 fully saturated rings. The molecule has 0 bridgehead atoms. The summed E-state index contributed by atoms with van der Waals surface area (Å²) >= 11 is 8.75. The minimum Gasteiger partial charge on any atom is -0.339 e. The number of amides is 2. The number of fused-ring (bicyclic) bond motifs is 1. The van der Waals surface area contributed by atoms with Crippen molar-refractivity contribution in [3.8, 4) is 0 Å². The van der Waals surface area contributed by atoms with Crippen LogP contribution in [0.4, 0.5) is 5.69 Å². The van der Waals surface area contributed by atoms with Crippen LogP contribution in [0.25, 0.3) is 10.2 Å². The fourth-order valence-electron chi connectivity index (χ4n) is 4.22. The molecule has 0 radical (unpaired) electrons. The smallest absolute Gasteiger partial charge is 0.256 e. The zero-order valence-electron chi connectivity index (χ0n) is 19.9. The summed E-state index contributed by atoms with van der Waals surface area (Å²) in [5.41, 5.74) is 2.81. The number of Topliss-reactive ketones (excluding diaryl/α,β-unsaturated/α-hetero) is 1. The Kier molecular flexibility index (Phi) is 7.88. The number of nitrogens with one attached hydrogen (secondary N) is 1. The number of thioether (sulfide) groups is 1. The van der Waals surface area contributed by atoms with Gasteiger partial charge in [0.1, 0.15) is 0 Å². The van der Waals surface area contributed by atoms with Gasteiger partial charge >= 0.3 is 0 Å². The standard InChI is InChI=1S/C28H24ClN3O3S2/c29-19-10-8-18(9-11-19)24(33)17-36-28-31-23-13-12-20(16-25(23)37-28)30-26(34)21-6-2-3-7-22(21)27(35)32-14-4-1-5-15-32/h2-3,6-13,16H,1,4-5,14-15,17H2,(H,30,34). The molecule has 0 spiro atoms. The molecule has 1 N–H and O–H groups in total. The molecule has 6 nitrogen and oxygen atoms in total. The summed E-state index contributed by atoms with van der Waals surface area (Å²) in [4.78, 5) is 45.1. The van der Waals surface area contributed by atoms with Crippen LogP contribution < -0.4 is 5.32 Å². The van der Waals surface area contributed by atoms with E-state index in [4.69, 9.17) is 11.6 Å². The third kappa shape index (κ3) is 6.04. The van der Waals surface area contributed by atoms with E-state index in [2.05, 4.69) is 10.3 Å². The maximum Gasteiger partial charge on any atom is 0.256 e. The van der Waals surface area contributed by atoms with Crippen LogP contribution in [0.5, 0.6) is 0 Å². The number of rotatable bonds is 7. The van der Waals surface area contributed by atoms with Gasteiger partial charge in [0.2, 0.25) is 0 Å². The molecule has 0 unspecified atom stereocenters. The van der Waals surface area contributed by atoms with E-state index >= 15 is 0 Å². The first-order valence-corrected chi connectivity index (χ1v) is 14.2. The van der Waals surface area contributed by atoms with Gasteiger partial charge in [-0.25, -0.2) is 4.98 Å². The fraction of sp³-hybridized carbons (Fsp3) is 0.214. The molecule has 0 saturated carbocycles.